The van der Waals surface area contributed by atoms with E-state index in [1.165, 1.54) is 10.9 Å². The molecule has 0 aliphatic carbocycles. The predicted molar refractivity (Wildman–Crippen MR) is 71.2 cm³/mol. The van der Waals surface area contributed by atoms with E-state index >= 15 is 0 Å². The van der Waals surface area contributed by atoms with Crippen LogP contribution >= 0.6 is 0 Å². The first kappa shape index (κ1) is 10.6. The first-order valence-electron chi connectivity index (χ1n) is 5.29. The van der Waals surface area contributed by atoms with Crippen molar-refractivity contribution in [1.82, 2.24) is 4.98 Å². The van der Waals surface area contributed by atoms with Gasteiger partial charge in [0.05, 0.1) is 0 Å². The van der Waals surface area contributed by atoms with Gasteiger partial charge in [-0.3, -0.25) is 4.98 Å². The summed E-state index contributed by atoms with van der Waals surface area (Å²) in [6.07, 6.45) is 3.70. The Hall–Kier alpha value is -1.89. The highest BCUT2D eigenvalue weighted by molar-refractivity contribution is 5.95. The summed E-state index contributed by atoms with van der Waals surface area (Å²) in [7, 11) is 0. The van der Waals surface area contributed by atoms with E-state index in [1.807, 2.05) is 32.3 Å². The second-order valence-electron chi connectivity index (χ2n) is 4.18. The molecule has 1 aromatic carbocycles. The molecule has 2 aromatic rings. The Morgan fingerprint density at radius 2 is 1.88 bits per heavy atom. The second-order valence-corrected chi connectivity index (χ2v) is 4.18. The first-order valence-corrected chi connectivity index (χ1v) is 5.29. The topological polar surface area (TPSA) is 12.9 Å². The van der Waals surface area contributed by atoms with Crippen LogP contribution < -0.4 is 0 Å². The summed E-state index contributed by atoms with van der Waals surface area (Å²) in [5.41, 5.74) is 4.46. The molecule has 0 spiro atoms. The zero-order valence-electron chi connectivity index (χ0n) is 9.75. The number of allylic oxidation sites excluding steroid dienone is 2. The molecule has 0 atom stereocenters. The lowest BCUT2D eigenvalue weighted by Gasteiger charge is -2.09. The van der Waals surface area contributed by atoms with E-state index in [1.54, 1.807) is 0 Å². The van der Waals surface area contributed by atoms with Crippen LogP contribution in [-0.4, -0.2) is 4.98 Å². The SMILES string of the molecule is C=C(C)c1cc(C(=C)C)c2ccncc2c1. The van der Waals surface area contributed by atoms with Gasteiger partial charge in [-0.15, -0.1) is 0 Å². The van der Waals surface area contributed by atoms with Gasteiger partial charge in [-0.25, -0.2) is 0 Å². The molecule has 0 bridgehead atoms. The summed E-state index contributed by atoms with van der Waals surface area (Å²) in [5, 5.41) is 2.34. The smallest absolute Gasteiger partial charge is 0.0346 e. The summed E-state index contributed by atoms with van der Waals surface area (Å²) >= 11 is 0. The van der Waals surface area contributed by atoms with E-state index in [0.717, 1.165) is 22.1 Å². The third kappa shape index (κ3) is 1.76. The minimum atomic E-state index is 1.06. The van der Waals surface area contributed by atoms with Crippen molar-refractivity contribution >= 4 is 21.9 Å². The summed E-state index contributed by atoms with van der Waals surface area (Å²) in [6.45, 7) is 12.0. The summed E-state index contributed by atoms with van der Waals surface area (Å²) in [4.78, 5) is 4.15. The van der Waals surface area contributed by atoms with Crippen LogP contribution in [0.2, 0.25) is 0 Å². The molecule has 0 amide bonds. The zero-order valence-corrected chi connectivity index (χ0v) is 9.75. The Kier molecular flexibility index (Phi) is 2.61. The lowest BCUT2D eigenvalue weighted by molar-refractivity contribution is 1.36. The van der Waals surface area contributed by atoms with Crippen molar-refractivity contribution in [2.75, 3.05) is 0 Å². The molecule has 0 fully saturated rings. The van der Waals surface area contributed by atoms with Crippen molar-refractivity contribution in [1.29, 1.82) is 0 Å². The molecule has 0 saturated carbocycles. The number of nitrogens with zero attached hydrogens (tertiary/aromatic N) is 1. The lowest BCUT2D eigenvalue weighted by Crippen LogP contribution is -1.88. The van der Waals surface area contributed by atoms with Crippen molar-refractivity contribution < 1.29 is 0 Å². The number of rotatable bonds is 2. The monoisotopic (exact) mass is 209 g/mol. The van der Waals surface area contributed by atoms with E-state index in [4.69, 9.17) is 0 Å². The van der Waals surface area contributed by atoms with Gasteiger partial charge >= 0.3 is 0 Å². The van der Waals surface area contributed by atoms with Crippen LogP contribution in [0.1, 0.15) is 25.0 Å². The Morgan fingerprint density at radius 1 is 1.12 bits per heavy atom. The molecule has 0 radical (unpaired) electrons. The minimum Gasteiger partial charge on any atom is -0.264 e. The highest BCUT2D eigenvalue weighted by Crippen LogP contribution is 2.27. The highest BCUT2D eigenvalue weighted by atomic mass is 14.6. The minimum absolute atomic E-state index is 1.06. The van der Waals surface area contributed by atoms with E-state index in [0.29, 0.717) is 0 Å². The predicted octanol–water partition coefficient (Wildman–Crippen LogP) is 4.30. The van der Waals surface area contributed by atoms with Crippen LogP contribution in [-0.2, 0) is 0 Å². The number of pyridine rings is 1. The molecule has 1 heterocycles. The maximum absolute atomic E-state index is 4.15. The van der Waals surface area contributed by atoms with Crippen molar-refractivity contribution in [3.63, 3.8) is 0 Å². The first-order chi connectivity index (χ1) is 7.59. The molecule has 0 saturated heterocycles. The van der Waals surface area contributed by atoms with Gasteiger partial charge in [-0.05, 0) is 48.6 Å². The average molecular weight is 209 g/mol. The van der Waals surface area contributed by atoms with Crippen LogP contribution in [0.15, 0.2) is 43.8 Å². The molecule has 1 heteroatoms. The maximum Gasteiger partial charge on any atom is 0.0346 e. The van der Waals surface area contributed by atoms with E-state index in [2.05, 4.69) is 30.3 Å². The van der Waals surface area contributed by atoms with Crippen LogP contribution in [0.25, 0.3) is 21.9 Å². The van der Waals surface area contributed by atoms with Gasteiger partial charge in [0.1, 0.15) is 0 Å². The van der Waals surface area contributed by atoms with Gasteiger partial charge in [0.25, 0.3) is 0 Å². The molecule has 1 aromatic heterocycles. The van der Waals surface area contributed by atoms with Crippen molar-refractivity contribution in [2.24, 2.45) is 0 Å². The van der Waals surface area contributed by atoms with E-state index < -0.39 is 0 Å². The van der Waals surface area contributed by atoms with Crippen molar-refractivity contribution in [3.8, 4) is 0 Å². The molecule has 0 N–H and O–H groups in total. The summed E-state index contributed by atoms with van der Waals surface area (Å²) in [6, 6.07) is 6.30. The van der Waals surface area contributed by atoms with Crippen LogP contribution in [0.4, 0.5) is 0 Å². The molecule has 1 nitrogen and oxygen atoms in total. The number of fused-ring (bicyclic) bond motifs is 1. The number of hydrogen-bond donors (Lipinski definition) is 0. The molecule has 0 aliphatic rings. The molecule has 80 valence electrons. The quantitative estimate of drug-likeness (QED) is 0.718. The fourth-order valence-electron chi connectivity index (χ4n) is 1.81. The van der Waals surface area contributed by atoms with E-state index in [-0.39, 0.29) is 0 Å². The molecule has 0 unspecified atom stereocenters. The molecule has 0 aliphatic heterocycles. The standard InChI is InChI=1S/C15H15N/c1-10(2)12-7-13-9-16-6-5-14(13)15(8-12)11(3)4/h5-9H,1,3H2,2,4H3. The van der Waals surface area contributed by atoms with Crippen LogP contribution in [0.3, 0.4) is 0 Å². The fourth-order valence-corrected chi connectivity index (χ4v) is 1.81. The fraction of sp³-hybridized carbons (Fsp3) is 0.133. The third-order valence-corrected chi connectivity index (χ3v) is 2.71. The Bertz CT molecular complexity index is 579. The van der Waals surface area contributed by atoms with E-state index in [9.17, 15) is 0 Å². The summed E-state index contributed by atoms with van der Waals surface area (Å²) in [5.74, 6) is 0. The second kappa shape index (κ2) is 3.93. The molecule has 2 rings (SSSR count). The third-order valence-electron chi connectivity index (χ3n) is 2.71. The number of benzene rings is 1. The highest BCUT2D eigenvalue weighted by Gasteiger charge is 2.05. The molecular formula is C15H15N. The van der Waals surface area contributed by atoms with Crippen LogP contribution in [0, 0.1) is 0 Å². The molecule has 16 heavy (non-hydrogen) atoms. The Labute approximate surface area is 96.1 Å². The van der Waals surface area contributed by atoms with Gasteiger partial charge in [0.15, 0.2) is 0 Å². The zero-order chi connectivity index (χ0) is 11.7. The largest absolute Gasteiger partial charge is 0.264 e. The van der Waals surface area contributed by atoms with Crippen molar-refractivity contribution in [2.45, 2.75) is 13.8 Å². The number of hydrogen-bond acceptors (Lipinski definition) is 1. The van der Waals surface area contributed by atoms with Crippen molar-refractivity contribution in [3.05, 3.63) is 54.9 Å². The van der Waals surface area contributed by atoms with Gasteiger partial charge < -0.3 is 0 Å². The Balaban J connectivity index is 2.84. The maximum atomic E-state index is 4.15. The van der Waals surface area contributed by atoms with Gasteiger partial charge in [-0.2, -0.15) is 0 Å². The Morgan fingerprint density at radius 3 is 2.50 bits per heavy atom. The molecular weight excluding hydrogens is 194 g/mol. The van der Waals surface area contributed by atoms with Gasteiger partial charge in [0.2, 0.25) is 0 Å². The van der Waals surface area contributed by atoms with Crippen LogP contribution in [0.5, 0.6) is 0 Å². The number of aromatic nitrogens is 1. The van der Waals surface area contributed by atoms with Gasteiger partial charge in [-0.1, -0.05) is 24.3 Å². The van der Waals surface area contributed by atoms with Gasteiger partial charge in [0, 0.05) is 17.8 Å². The lowest BCUT2D eigenvalue weighted by atomic mass is 9.96. The summed E-state index contributed by atoms with van der Waals surface area (Å²) < 4.78 is 0. The average Bonchev–Trinajstić information content (AvgIpc) is 2.27. The normalized spacial score (nSPS) is 10.4.